The highest BCUT2D eigenvalue weighted by Gasteiger charge is 2.13. The topological polar surface area (TPSA) is 26.3 Å². The maximum Gasteiger partial charge on any atom is 0.167 e. The summed E-state index contributed by atoms with van der Waals surface area (Å²) in [5.74, 6) is -1.19. The first kappa shape index (κ1) is 14.7. The summed E-state index contributed by atoms with van der Waals surface area (Å²) in [4.78, 5) is 12.1. The summed E-state index contributed by atoms with van der Waals surface area (Å²) < 4.78 is 31.8. The van der Waals surface area contributed by atoms with Gasteiger partial charge in [-0.3, -0.25) is 4.79 Å². The highest BCUT2D eigenvalue weighted by molar-refractivity contribution is 9.10. The molecule has 0 heterocycles. The molecule has 5 heteroatoms. The molecule has 0 fully saturated rings. The maximum absolute atomic E-state index is 13.4. The lowest BCUT2D eigenvalue weighted by atomic mass is 10.0. The molecule has 2 aromatic carbocycles. The molecule has 20 heavy (non-hydrogen) atoms. The van der Waals surface area contributed by atoms with Gasteiger partial charge in [0.15, 0.2) is 17.3 Å². The van der Waals surface area contributed by atoms with E-state index in [0.29, 0.717) is 11.1 Å². The average molecular weight is 341 g/mol. The van der Waals surface area contributed by atoms with Gasteiger partial charge in [0.1, 0.15) is 5.82 Å². The molecule has 0 aliphatic carbocycles. The summed E-state index contributed by atoms with van der Waals surface area (Å²) in [6.07, 6.45) is 0.0210. The summed E-state index contributed by atoms with van der Waals surface area (Å²) in [6, 6.07) is 8.39. The summed E-state index contributed by atoms with van der Waals surface area (Å²) >= 11 is 3.11. The van der Waals surface area contributed by atoms with E-state index in [-0.39, 0.29) is 22.4 Å². The molecule has 0 aliphatic heterocycles. The van der Waals surface area contributed by atoms with Crippen LogP contribution in [0.2, 0.25) is 0 Å². The molecule has 0 bridgehead atoms. The van der Waals surface area contributed by atoms with Gasteiger partial charge >= 0.3 is 0 Å². The van der Waals surface area contributed by atoms with Crippen LogP contribution in [-0.4, -0.2) is 12.9 Å². The predicted octanol–water partition coefficient (Wildman–Crippen LogP) is 4.16. The van der Waals surface area contributed by atoms with Crippen molar-refractivity contribution in [3.8, 4) is 5.75 Å². The third-order valence-electron chi connectivity index (χ3n) is 2.86. The highest BCUT2D eigenvalue weighted by Crippen LogP contribution is 2.23. The maximum atomic E-state index is 13.4. The molecule has 0 amide bonds. The number of hydrogen-bond donors (Lipinski definition) is 0. The number of hydrogen-bond acceptors (Lipinski definition) is 2. The summed E-state index contributed by atoms with van der Waals surface area (Å²) in [6.45, 7) is 0. The zero-order valence-corrected chi connectivity index (χ0v) is 12.2. The van der Waals surface area contributed by atoms with Crippen molar-refractivity contribution >= 4 is 21.7 Å². The Morgan fingerprint density at radius 2 is 1.95 bits per heavy atom. The lowest BCUT2D eigenvalue weighted by Gasteiger charge is -2.07. The molecule has 0 saturated carbocycles. The molecule has 0 aliphatic rings. The van der Waals surface area contributed by atoms with Crippen LogP contribution in [-0.2, 0) is 6.42 Å². The highest BCUT2D eigenvalue weighted by atomic mass is 79.9. The Bertz CT molecular complexity index is 656. The first-order chi connectivity index (χ1) is 9.52. The van der Waals surface area contributed by atoms with Crippen LogP contribution in [0.5, 0.6) is 5.75 Å². The van der Waals surface area contributed by atoms with E-state index in [1.165, 1.54) is 37.4 Å². The number of ketones is 1. The fourth-order valence-electron chi connectivity index (χ4n) is 1.79. The zero-order valence-electron chi connectivity index (χ0n) is 10.6. The average Bonchev–Trinajstić information content (AvgIpc) is 2.44. The second kappa shape index (κ2) is 6.13. The Kier molecular flexibility index (Phi) is 4.49. The fourth-order valence-corrected chi connectivity index (χ4v) is 2.20. The molecule has 2 nitrogen and oxygen atoms in total. The lowest BCUT2D eigenvalue weighted by molar-refractivity contribution is 0.0992. The number of rotatable bonds is 4. The van der Waals surface area contributed by atoms with Crippen molar-refractivity contribution in [2.75, 3.05) is 7.11 Å². The molecule has 0 saturated heterocycles. The molecule has 0 aromatic heterocycles. The zero-order chi connectivity index (χ0) is 14.7. The van der Waals surface area contributed by atoms with Crippen molar-refractivity contribution in [2.24, 2.45) is 0 Å². The van der Waals surface area contributed by atoms with Crippen molar-refractivity contribution in [1.29, 1.82) is 0 Å². The molecular weight excluding hydrogens is 330 g/mol. The Balaban J connectivity index is 2.26. The van der Waals surface area contributed by atoms with E-state index in [1.807, 2.05) is 0 Å². The van der Waals surface area contributed by atoms with E-state index in [9.17, 15) is 13.6 Å². The Hall–Kier alpha value is -1.75. The van der Waals surface area contributed by atoms with Crippen LogP contribution in [0.15, 0.2) is 40.9 Å². The number of ether oxygens (including phenoxy) is 1. The monoisotopic (exact) mass is 340 g/mol. The predicted molar refractivity (Wildman–Crippen MR) is 75.1 cm³/mol. The van der Waals surface area contributed by atoms with Crippen LogP contribution >= 0.6 is 15.9 Å². The van der Waals surface area contributed by atoms with Gasteiger partial charge in [0.25, 0.3) is 0 Å². The number of methoxy groups -OCH3 is 1. The minimum atomic E-state index is -0.531. The molecule has 0 spiro atoms. The quantitative estimate of drug-likeness (QED) is 0.781. The van der Waals surface area contributed by atoms with Gasteiger partial charge < -0.3 is 4.74 Å². The second-order valence-electron chi connectivity index (χ2n) is 4.16. The van der Waals surface area contributed by atoms with E-state index in [4.69, 9.17) is 4.74 Å². The van der Waals surface area contributed by atoms with Gasteiger partial charge in [-0.2, -0.15) is 0 Å². The van der Waals surface area contributed by atoms with Crippen LogP contribution in [0, 0.1) is 11.6 Å². The van der Waals surface area contributed by atoms with Gasteiger partial charge in [-0.1, -0.05) is 12.1 Å². The molecule has 0 N–H and O–H groups in total. The van der Waals surface area contributed by atoms with Crippen molar-refractivity contribution in [2.45, 2.75) is 6.42 Å². The van der Waals surface area contributed by atoms with Gasteiger partial charge in [-0.25, -0.2) is 8.78 Å². The van der Waals surface area contributed by atoms with Crippen LogP contribution in [0.1, 0.15) is 15.9 Å². The standard InChI is InChI=1S/C15H11BrF2O2/c1-20-14-8-9(5-6-11(14)17)13(19)7-10-3-2-4-12(18)15(10)16/h2-6,8H,7H2,1H3. The van der Waals surface area contributed by atoms with Gasteiger partial charge in [0.05, 0.1) is 11.6 Å². The molecule has 0 radical (unpaired) electrons. The third-order valence-corrected chi connectivity index (χ3v) is 3.74. The van der Waals surface area contributed by atoms with E-state index >= 15 is 0 Å². The first-order valence-corrected chi connectivity index (χ1v) is 6.62. The summed E-state index contributed by atoms with van der Waals surface area (Å²) in [7, 11) is 1.33. The lowest BCUT2D eigenvalue weighted by Crippen LogP contribution is -2.05. The largest absolute Gasteiger partial charge is 0.494 e. The van der Waals surface area contributed by atoms with E-state index in [0.717, 1.165) is 0 Å². The molecule has 2 aromatic rings. The third kappa shape index (κ3) is 3.04. The Labute approximate surface area is 123 Å². The second-order valence-corrected chi connectivity index (χ2v) is 4.96. The van der Waals surface area contributed by atoms with Gasteiger partial charge in [-0.05, 0) is 45.8 Å². The Morgan fingerprint density at radius 3 is 2.65 bits per heavy atom. The van der Waals surface area contributed by atoms with Crippen LogP contribution < -0.4 is 4.74 Å². The number of Topliss-reactive ketones (excluding diaryl/α,β-unsaturated/α-hetero) is 1. The van der Waals surface area contributed by atoms with Crippen molar-refractivity contribution in [3.05, 3.63) is 63.6 Å². The van der Waals surface area contributed by atoms with Crippen molar-refractivity contribution in [3.63, 3.8) is 0 Å². The van der Waals surface area contributed by atoms with Gasteiger partial charge in [-0.15, -0.1) is 0 Å². The molecule has 2 rings (SSSR count). The van der Waals surface area contributed by atoms with Crippen molar-refractivity contribution < 1.29 is 18.3 Å². The van der Waals surface area contributed by atoms with Gasteiger partial charge in [0, 0.05) is 12.0 Å². The van der Waals surface area contributed by atoms with E-state index in [1.54, 1.807) is 6.07 Å². The van der Waals surface area contributed by atoms with E-state index in [2.05, 4.69) is 15.9 Å². The summed E-state index contributed by atoms with van der Waals surface area (Å²) in [5.41, 5.74) is 0.859. The Morgan fingerprint density at radius 1 is 1.20 bits per heavy atom. The fraction of sp³-hybridized carbons (Fsp3) is 0.133. The van der Waals surface area contributed by atoms with Crippen molar-refractivity contribution in [1.82, 2.24) is 0 Å². The molecule has 0 atom stereocenters. The van der Waals surface area contributed by atoms with Crippen LogP contribution in [0.3, 0.4) is 0 Å². The smallest absolute Gasteiger partial charge is 0.167 e. The first-order valence-electron chi connectivity index (χ1n) is 5.82. The summed E-state index contributed by atoms with van der Waals surface area (Å²) in [5, 5.41) is 0. The minimum Gasteiger partial charge on any atom is -0.494 e. The number of halogens is 3. The van der Waals surface area contributed by atoms with Crippen LogP contribution in [0.4, 0.5) is 8.78 Å². The van der Waals surface area contributed by atoms with E-state index < -0.39 is 11.6 Å². The van der Waals surface area contributed by atoms with Crippen LogP contribution in [0.25, 0.3) is 0 Å². The number of carbonyl (C=O) groups is 1. The molecule has 104 valence electrons. The number of carbonyl (C=O) groups excluding carboxylic acids is 1. The minimum absolute atomic E-state index is 0.00848. The molecule has 0 unspecified atom stereocenters. The normalized spacial score (nSPS) is 10.4. The molecular formula is C15H11BrF2O2. The number of benzene rings is 2. The van der Waals surface area contributed by atoms with Gasteiger partial charge in [0.2, 0.25) is 0 Å². The SMILES string of the molecule is COc1cc(C(=O)Cc2cccc(F)c2Br)ccc1F.